The number of benzene rings is 1. The van der Waals surface area contributed by atoms with Gasteiger partial charge < -0.3 is 20.2 Å². The number of thioether (sulfide) groups is 1. The Morgan fingerprint density at radius 1 is 1.48 bits per heavy atom. The van der Waals surface area contributed by atoms with Gasteiger partial charge in [0.1, 0.15) is 5.76 Å². The number of carbonyl (C=O) groups excluding carboxylic acids is 1. The number of nitrogens with two attached hydrogens (primary N) is 1. The summed E-state index contributed by atoms with van der Waals surface area (Å²) in [6, 6.07) is 6.95. The third kappa shape index (κ3) is 4.42. The zero-order valence-electron chi connectivity index (χ0n) is 13.8. The van der Waals surface area contributed by atoms with Crippen LogP contribution in [0.2, 0.25) is 0 Å². The first-order valence-electron chi connectivity index (χ1n) is 7.77. The Morgan fingerprint density at radius 2 is 2.26 bits per heavy atom. The largest absolute Gasteiger partial charge is 0.490 e. The van der Waals surface area contributed by atoms with Gasteiger partial charge in [-0.05, 0) is 44.4 Å². The van der Waals surface area contributed by atoms with Gasteiger partial charge in [0.15, 0.2) is 11.3 Å². The summed E-state index contributed by atoms with van der Waals surface area (Å²) >= 11 is 1.68. The number of para-hydroxylation sites is 1. The second kappa shape index (κ2) is 8.26. The van der Waals surface area contributed by atoms with Crippen LogP contribution in [0.4, 0.5) is 0 Å². The summed E-state index contributed by atoms with van der Waals surface area (Å²) in [6.07, 6.45) is 2.66. The van der Waals surface area contributed by atoms with E-state index in [1.807, 2.05) is 44.4 Å². The molecule has 2 unspecified atom stereocenters. The van der Waals surface area contributed by atoms with Crippen molar-refractivity contribution >= 4 is 28.6 Å². The van der Waals surface area contributed by atoms with Crippen molar-refractivity contribution in [2.24, 2.45) is 5.73 Å². The van der Waals surface area contributed by atoms with E-state index in [-0.39, 0.29) is 11.9 Å². The van der Waals surface area contributed by atoms with Crippen molar-refractivity contribution in [2.45, 2.75) is 32.4 Å². The molecule has 0 aliphatic rings. The molecule has 5 nitrogen and oxygen atoms in total. The molecule has 0 aliphatic heterocycles. The van der Waals surface area contributed by atoms with E-state index >= 15 is 0 Å². The highest BCUT2D eigenvalue weighted by Crippen LogP contribution is 2.31. The summed E-state index contributed by atoms with van der Waals surface area (Å²) in [5, 5.41) is 3.87. The van der Waals surface area contributed by atoms with Crippen LogP contribution in [-0.2, 0) is 4.79 Å². The lowest BCUT2D eigenvalue weighted by molar-refractivity contribution is -0.123. The van der Waals surface area contributed by atoms with Crippen molar-refractivity contribution < 1.29 is 13.9 Å². The molecule has 0 spiro atoms. The number of ether oxygens (including phenoxy) is 1. The molecular weight excluding hydrogens is 312 g/mol. The molecule has 2 aromatic rings. The van der Waals surface area contributed by atoms with E-state index in [1.54, 1.807) is 11.8 Å². The first kappa shape index (κ1) is 17.7. The van der Waals surface area contributed by atoms with Crippen LogP contribution in [-0.4, -0.2) is 30.6 Å². The fraction of sp³-hybridized carbons (Fsp3) is 0.471. The lowest BCUT2D eigenvalue weighted by Gasteiger charge is -2.15. The Hall–Kier alpha value is -1.66. The molecule has 1 amide bonds. The van der Waals surface area contributed by atoms with Crippen LogP contribution in [0.15, 0.2) is 28.7 Å². The van der Waals surface area contributed by atoms with Crippen LogP contribution >= 0.6 is 11.8 Å². The fourth-order valence-corrected chi connectivity index (χ4v) is 2.80. The van der Waals surface area contributed by atoms with Crippen molar-refractivity contribution in [1.29, 1.82) is 0 Å². The van der Waals surface area contributed by atoms with Gasteiger partial charge in [0.05, 0.1) is 18.7 Å². The molecule has 2 rings (SSSR count). The van der Waals surface area contributed by atoms with E-state index in [0.29, 0.717) is 30.1 Å². The maximum Gasteiger partial charge on any atom is 0.237 e. The third-order valence-electron chi connectivity index (χ3n) is 3.58. The molecule has 0 saturated heterocycles. The maximum absolute atomic E-state index is 12.1. The Kier molecular flexibility index (Phi) is 6.36. The van der Waals surface area contributed by atoms with Gasteiger partial charge in [-0.2, -0.15) is 11.8 Å². The maximum atomic E-state index is 12.1. The molecule has 1 heterocycles. The van der Waals surface area contributed by atoms with E-state index < -0.39 is 6.04 Å². The highest BCUT2D eigenvalue weighted by atomic mass is 32.2. The Morgan fingerprint density at radius 3 is 2.96 bits per heavy atom. The Labute approximate surface area is 140 Å². The summed E-state index contributed by atoms with van der Waals surface area (Å²) in [5.41, 5.74) is 6.60. The lowest BCUT2D eigenvalue weighted by Crippen LogP contribution is -2.41. The predicted octanol–water partition coefficient (Wildman–Crippen LogP) is 3.09. The average Bonchev–Trinajstić information content (AvgIpc) is 2.98. The number of furan rings is 1. The number of hydrogen-bond donors (Lipinski definition) is 2. The Balaban J connectivity index is 2.10. The molecule has 23 heavy (non-hydrogen) atoms. The number of amides is 1. The normalized spacial score (nSPS) is 13.7. The van der Waals surface area contributed by atoms with Gasteiger partial charge in [-0.3, -0.25) is 4.79 Å². The molecule has 0 saturated carbocycles. The summed E-state index contributed by atoms with van der Waals surface area (Å²) in [5.74, 6) is 2.12. The van der Waals surface area contributed by atoms with Gasteiger partial charge in [-0.1, -0.05) is 12.1 Å². The Bertz CT molecular complexity index is 656. The zero-order chi connectivity index (χ0) is 16.8. The van der Waals surface area contributed by atoms with Crippen LogP contribution in [0.25, 0.3) is 11.0 Å². The third-order valence-corrected chi connectivity index (χ3v) is 4.23. The monoisotopic (exact) mass is 336 g/mol. The van der Waals surface area contributed by atoms with Gasteiger partial charge in [0.25, 0.3) is 0 Å². The highest BCUT2D eigenvalue weighted by Gasteiger charge is 2.19. The molecule has 0 radical (unpaired) electrons. The summed E-state index contributed by atoms with van der Waals surface area (Å²) < 4.78 is 11.5. The van der Waals surface area contributed by atoms with Crippen molar-refractivity contribution in [3.8, 4) is 5.75 Å². The molecule has 6 heteroatoms. The van der Waals surface area contributed by atoms with Crippen LogP contribution in [0.1, 0.15) is 32.1 Å². The molecule has 2 atom stereocenters. The van der Waals surface area contributed by atoms with Crippen LogP contribution in [0.3, 0.4) is 0 Å². The van der Waals surface area contributed by atoms with E-state index in [4.69, 9.17) is 14.9 Å². The van der Waals surface area contributed by atoms with Crippen LogP contribution in [0.5, 0.6) is 5.75 Å². The topological polar surface area (TPSA) is 77.5 Å². The average molecular weight is 336 g/mol. The van der Waals surface area contributed by atoms with E-state index in [2.05, 4.69) is 5.32 Å². The second-order valence-corrected chi connectivity index (χ2v) is 6.36. The van der Waals surface area contributed by atoms with Crippen molar-refractivity contribution in [3.63, 3.8) is 0 Å². The van der Waals surface area contributed by atoms with Gasteiger partial charge in [0, 0.05) is 5.39 Å². The van der Waals surface area contributed by atoms with Gasteiger partial charge >= 0.3 is 0 Å². The predicted molar refractivity (Wildman–Crippen MR) is 94.9 cm³/mol. The second-order valence-electron chi connectivity index (χ2n) is 5.37. The number of carbonyl (C=O) groups is 1. The number of hydrogen-bond acceptors (Lipinski definition) is 5. The van der Waals surface area contributed by atoms with Crippen molar-refractivity contribution in [2.75, 3.05) is 18.6 Å². The smallest absolute Gasteiger partial charge is 0.237 e. The van der Waals surface area contributed by atoms with E-state index in [1.165, 1.54) is 0 Å². The van der Waals surface area contributed by atoms with Crippen LogP contribution < -0.4 is 15.8 Å². The molecule has 0 fully saturated rings. The minimum Gasteiger partial charge on any atom is -0.490 e. The summed E-state index contributed by atoms with van der Waals surface area (Å²) in [7, 11) is 0. The first-order chi connectivity index (χ1) is 11.1. The van der Waals surface area contributed by atoms with E-state index in [0.717, 1.165) is 11.1 Å². The molecule has 0 aliphatic carbocycles. The van der Waals surface area contributed by atoms with Gasteiger partial charge in [0.2, 0.25) is 5.91 Å². The SMILES string of the molecule is CCOc1cccc2cc(C(C)NC(=O)C(N)CCSC)oc12. The van der Waals surface area contributed by atoms with Gasteiger partial charge in [-0.15, -0.1) is 0 Å². The highest BCUT2D eigenvalue weighted by molar-refractivity contribution is 7.98. The van der Waals surface area contributed by atoms with E-state index in [9.17, 15) is 4.79 Å². The minimum atomic E-state index is -0.492. The number of rotatable bonds is 8. The first-order valence-corrected chi connectivity index (χ1v) is 9.16. The van der Waals surface area contributed by atoms with Gasteiger partial charge in [-0.25, -0.2) is 0 Å². The quantitative estimate of drug-likeness (QED) is 0.774. The number of fused-ring (bicyclic) bond motifs is 1. The summed E-state index contributed by atoms with van der Waals surface area (Å²) in [4.78, 5) is 12.1. The minimum absolute atomic E-state index is 0.156. The molecule has 3 N–H and O–H groups in total. The molecule has 1 aromatic heterocycles. The zero-order valence-corrected chi connectivity index (χ0v) is 14.6. The standard InChI is InChI=1S/C17H24N2O3S/c1-4-21-14-7-5-6-12-10-15(22-16(12)14)11(2)19-17(20)13(18)8-9-23-3/h5-7,10-11,13H,4,8-9,18H2,1-3H3,(H,19,20). The lowest BCUT2D eigenvalue weighted by atomic mass is 10.2. The molecular formula is C17H24N2O3S. The molecule has 1 aromatic carbocycles. The fourth-order valence-electron chi connectivity index (χ4n) is 2.31. The number of nitrogens with one attached hydrogen (secondary N) is 1. The molecule has 126 valence electrons. The summed E-state index contributed by atoms with van der Waals surface area (Å²) in [6.45, 7) is 4.39. The van der Waals surface area contributed by atoms with Crippen molar-refractivity contribution in [3.05, 3.63) is 30.0 Å². The molecule has 0 bridgehead atoms. The van der Waals surface area contributed by atoms with Crippen molar-refractivity contribution in [1.82, 2.24) is 5.32 Å². The van der Waals surface area contributed by atoms with Crippen LogP contribution in [0, 0.1) is 0 Å².